The van der Waals surface area contributed by atoms with E-state index >= 15 is 0 Å². The number of hydrogen-bond donors (Lipinski definition) is 1. The van der Waals surface area contributed by atoms with E-state index in [-0.39, 0.29) is 0 Å². The number of hydrogen-bond acceptors (Lipinski definition) is 3. The molecule has 2 aromatic rings. The first kappa shape index (κ1) is 18.0. The number of rotatable bonds is 3. The highest BCUT2D eigenvalue weighted by molar-refractivity contribution is 6.39. The zero-order valence-corrected chi connectivity index (χ0v) is 15.4. The average molecular weight is 351 g/mol. The zero-order chi connectivity index (χ0) is 18.5. The Labute approximate surface area is 154 Å². The van der Waals surface area contributed by atoms with Crippen molar-refractivity contribution in [2.75, 3.05) is 36.4 Å². The number of nitrogens with zero attached hydrogens (tertiary/aromatic N) is 2. The third-order valence-corrected chi connectivity index (χ3v) is 4.86. The van der Waals surface area contributed by atoms with Crippen molar-refractivity contribution in [2.24, 2.45) is 0 Å². The highest BCUT2D eigenvalue weighted by atomic mass is 16.2. The Kier molecular flexibility index (Phi) is 5.56. The van der Waals surface area contributed by atoms with Gasteiger partial charge >= 0.3 is 11.8 Å². The Bertz CT molecular complexity index is 781. The van der Waals surface area contributed by atoms with E-state index in [4.69, 9.17) is 0 Å². The molecule has 5 nitrogen and oxygen atoms in total. The predicted molar refractivity (Wildman–Crippen MR) is 104 cm³/mol. The number of aryl methyl sites for hydroxylation is 2. The van der Waals surface area contributed by atoms with Crippen molar-refractivity contribution in [3.8, 4) is 0 Å². The summed E-state index contributed by atoms with van der Waals surface area (Å²) >= 11 is 0. The fraction of sp³-hybridized carbons (Fsp3) is 0.333. The number of amides is 2. The summed E-state index contributed by atoms with van der Waals surface area (Å²) < 4.78 is 0. The van der Waals surface area contributed by atoms with Crippen molar-refractivity contribution >= 4 is 23.2 Å². The molecular formula is C21H25N3O2. The molecule has 26 heavy (non-hydrogen) atoms. The van der Waals surface area contributed by atoms with Gasteiger partial charge in [-0.25, -0.2) is 0 Å². The summed E-state index contributed by atoms with van der Waals surface area (Å²) in [6.45, 7) is 6.54. The number of para-hydroxylation sites is 2. The van der Waals surface area contributed by atoms with Gasteiger partial charge in [0.05, 0.1) is 0 Å². The Morgan fingerprint density at radius 1 is 0.962 bits per heavy atom. The first-order chi connectivity index (χ1) is 12.6. The van der Waals surface area contributed by atoms with Crippen LogP contribution in [0.5, 0.6) is 0 Å². The summed E-state index contributed by atoms with van der Waals surface area (Å²) in [5, 5.41) is 2.83. The molecule has 3 rings (SSSR count). The monoisotopic (exact) mass is 351 g/mol. The minimum Gasteiger partial charge on any atom is -0.368 e. The van der Waals surface area contributed by atoms with Gasteiger partial charge in [0.2, 0.25) is 0 Å². The SMILES string of the molecule is CCc1cccc(C)c1NC(=O)C(=O)N1CCN(c2ccccc2)CC1. The number of carbonyl (C=O) groups excluding carboxylic acids is 2. The van der Waals surface area contributed by atoms with Crippen LogP contribution in [0, 0.1) is 6.92 Å². The second-order valence-corrected chi connectivity index (χ2v) is 6.53. The van der Waals surface area contributed by atoms with Crippen molar-refractivity contribution in [3.05, 3.63) is 59.7 Å². The molecule has 1 saturated heterocycles. The van der Waals surface area contributed by atoms with Crippen LogP contribution in [0.15, 0.2) is 48.5 Å². The molecule has 136 valence electrons. The molecule has 0 atom stereocenters. The molecule has 0 bridgehead atoms. The molecule has 1 heterocycles. The summed E-state index contributed by atoms with van der Waals surface area (Å²) in [6.07, 6.45) is 0.807. The summed E-state index contributed by atoms with van der Waals surface area (Å²) in [6, 6.07) is 16.0. The van der Waals surface area contributed by atoms with Crippen molar-refractivity contribution in [3.63, 3.8) is 0 Å². The maximum absolute atomic E-state index is 12.6. The number of carbonyl (C=O) groups is 2. The number of anilines is 2. The molecule has 0 unspecified atom stereocenters. The van der Waals surface area contributed by atoms with Crippen LogP contribution in [0.1, 0.15) is 18.1 Å². The van der Waals surface area contributed by atoms with Crippen LogP contribution in [0.2, 0.25) is 0 Å². The molecule has 1 aliphatic heterocycles. The van der Waals surface area contributed by atoms with E-state index in [1.54, 1.807) is 4.90 Å². The topological polar surface area (TPSA) is 52.7 Å². The lowest BCUT2D eigenvalue weighted by atomic mass is 10.1. The zero-order valence-electron chi connectivity index (χ0n) is 15.4. The normalized spacial score (nSPS) is 14.2. The van der Waals surface area contributed by atoms with E-state index in [1.807, 2.05) is 50.2 Å². The number of piperazine rings is 1. The van der Waals surface area contributed by atoms with Gasteiger partial charge in [-0.3, -0.25) is 9.59 Å². The minimum absolute atomic E-state index is 0.456. The molecule has 0 radical (unpaired) electrons. The highest BCUT2D eigenvalue weighted by Gasteiger charge is 2.26. The molecule has 1 aliphatic rings. The molecule has 2 amide bonds. The Morgan fingerprint density at radius 2 is 1.65 bits per heavy atom. The van der Waals surface area contributed by atoms with Crippen LogP contribution in [0.4, 0.5) is 11.4 Å². The van der Waals surface area contributed by atoms with E-state index in [0.717, 1.165) is 42.0 Å². The molecule has 1 fully saturated rings. The van der Waals surface area contributed by atoms with Crippen molar-refractivity contribution in [2.45, 2.75) is 20.3 Å². The third-order valence-electron chi connectivity index (χ3n) is 4.86. The van der Waals surface area contributed by atoms with Gasteiger partial charge in [-0.15, -0.1) is 0 Å². The number of benzene rings is 2. The van der Waals surface area contributed by atoms with Crippen LogP contribution < -0.4 is 10.2 Å². The number of nitrogens with one attached hydrogen (secondary N) is 1. The maximum atomic E-state index is 12.6. The van der Waals surface area contributed by atoms with Gasteiger partial charge in [0.1, 0.15) is 0 Å². The lowest BCUT2D eigenvalue weighted by molar-refractivity contribution is -0.143. The van der Waals surface area contributed by atoms with Gasteiger partial charge < -0.3 is 15.1 Å². The van der Waals surface area contributed by atoms with Gasteiger partial charge in [0.15, 0.2) is 0 Å². The van der Waals surface area contributed by atoms with Crippen LogP contribution in [0.3, 0.4) is 0 Å². The smallest absolute Gasteiger partial charge is 0.313 e. The fourth-order valence-electron chi connectivity index (χ4n) is 3.32. The molecule has 2 aromatic carbocycles. The van der Waals surface area contributed by atoms with Crippen LogP contribution in [-0.2, 0) is 16.0 Å². The van der Waals surface area contributed by atoms with E-state index in [0.29, 0.717) is 13.1 Å². The third kappa shape index (κ3) is 3.87. The first-order valence-corrected chi connectivity index (χ1v) is 9.09. The summed E-state index contributed by atoms with van der Waals surface area (Å²) in [5.41, 5.74) is 3.92. The maximum Gasteiger partial charge on any atom is 0.313 e. The molecular weight excluding hydrogens is 326 g/mol. The van der Waals surface area contributed by atoms with Crippen molar-refractivity contribution < 1.29 is 9.59 Å². The Morgan fingerprint density at radius 3 is 2.31 bits per heavy atom. The Balaban J connectivity index is 1.61. The second kappa shape index (κ2) is 8.04. The van der Waals surface area contributed by atoms with Gasteiger partial charge in [-0.1, -0.05) is 43.3 Å². The van der Waals surface area contributed by atoms with E-state index in [1.165, 1.54) is 0 Å². The van der Waals surface area contributed by atoms with Gasteiger partial charge in [-0.2, -0.15) is 0 Å². The second-order valence-electron chi connectivity index (χ2n) is 6.53. The van der Waals surface area contributed by atoms with Crippen LogP contribution >= 0.6 is 0 Å². The standard InChI is InChI=1S/C21H25N3O2/c1-3-17-9-7-8-16(2)19(17)22-20(25)21(26)24-14-12-23(13-15-24)18-10-5-4-6-11-18/h4-11H,3,12-15H2,1-2H3,(H,22,25). The minimum atomic E-state index is -0.554. The van der Waals surface area contributed by atoms with Crippen molar-refractivity contribution in [1.82, 2.24) is 4.90 Å². The summed E-state index contributed by atoms with van der Waals surface area (Å²) in [4.78, 5) is 28.9. The molecule has 0 aliphatic carbocycles. The predicted octanol–water partition coefficient (Wildman–Crippen LogP) is 2.84. The van der Waals surface area contributed by atoms with E-state index in [2.05, 4.69) is 22.3 Å². The molecule has 1 N–H and O–H groups in total. The fourth-order valence-corrected chi connectivity index (χ4v) is 3.32. The van der Waals surface area contributed by atoms with Crippen LogP contribution in [0.25, 0.3) is 0 Å². The van der Waals surface area contributed by atoms with Gasteiger partial charge in [0.25, 0.3) is 0 Å². The lowest BCUT2D eigenvalue weighted by Crippen LogP contribution is -2.51. The molecule has 0 spiro atoms. The van der Waals surface area contributed by atoms with E-state index < -0.39 is 11.8 Å². The van der Waals surface area contributed by atoms with Gasteiger partial charge in [-0.05, 0) is 36.6 Å². The molecule has 0 saturated carbocycles. The van der Waals surface area contributed by atoms with Gasteiger partial charge in [0, 0.05) is 37.6 Å². The average Bonchev–Trinajstić information content (AvgIpc) is 2.69. The first-order valence-electron chi connectivity index (χ1n) is 9.09. The molecule has 0 aromatic heterocycles. The highest BCUT2D eigenvalue weighted by Crippen LogP contribution is 2.21. The largest absolute Gasteiger partial charge is 0.368 e. The summed E-state index contributed by atoms with van der Waals surface area (Å²) in [5.74, 6) is -1.01. The van der Waals surface area contributed by atoms with Crippen molar-refractivity contribution in [1.29, 1.82) is 0 Å². The van der Waals surface area contributed by atoms with E-state index in [9.17, 15) is 9.59 Å². The van der Waals surface area contributed by atoms with Crippen LogP contribution in [-0.4, -0.2) is 42.9 Å². The lowest BCUT2D eigenvalue weighted by Gasteiger charge is -2.35. The Hall–Kier alpha value is -2.82. The quantitative estimate of drug-likeness (QED) is 0.865. The summed E-state index contributed by atoms with van der Waals surface area (Å²) in [7, 11) is 0. The molecule has 5 heteroatoms.